The van der Waals surface area contributed by atoms with E-state index >= 15 is 0 Å². The first-order chi connectivity index (χ1) is 13.2. The Hall–Kier alpha value is -2.80. The fourth-order valence-corrected chi connectivity index (χ4v) is 4.13. The molecule has 1 aliphatic heterocycles. The maximum Gasteiger partial charge on any atom is 0.263 e. The van der Waals surface area contributed by atoms with E-state index < -0.39 is 0 Å². The van der Waals surface area contributed by atoms with Crippen LogP contribution in [0.25, 0.3) is 10.6 Å². The summed E-state index contributed by atoms with van der Waals surface area (Å²) in [5, 5.41) is 3.78. The highest BCUT2D eigenvalue weighted by Crippen LogP contribution is 2.27. The van der Waals surface area contributed by atoms with Gasteiger partial charge in [0.05, 0.1) is 12.2 Å². The topological polar surface area (TPSA) is 71.0 Å². The summed E-state index contributed by atoms with van der Waals surface area (Å²) >= 11 is 1.41. The Balaban J connectivity index is 1.44. The van der Waals surface area contributed by atoms with Crippen LogP contribution in [-0.4, -0.2) is 33.9 Å². The van der Waals surface area contributed by atoms with Crippen molar-refractivity contribution >= 4 is 23.1 Å². The Kier molecular flexibility index (Phi) is 5.11. The normalized spacial score (nSPS) is 13.7. The monoisotopic (exact) mass is 379 g/mol. The standard InChI is InChI=1S/C20H21N5OS/c1-14-18(27-20(23-14)15-7-3-2-4-8-15)19(26)22-13-16-21-10-9-17(24-16)25-11-5-6-12-25/h2-4,7-10H,5-6,11-13H2,1H3,(H,22,26). The van der Waals surface area contributed by atoms with E-state index in [-0.39, 0.29) is 5.91 Å². The third-order valence-electron chi connectivity index (χ3n) is 4.55. The molecule has 1 aliphatic rings. The number of thiazole rings is 1. The summed E-state index contributed by atoms with van der Waals surface area (Å²) in [5.41, 5.74) is 1.76. The van der Waals surface area contributed by atoms with E-state index in [4.69, 9.17) is 0 Å². The second-order valence-corrected chi connectivity index (χ2v) is 7.51. The minimum absolute atomic E-state index is 0.137. The Morgan fingerprint density at radius 1 is 1.15 bits per heavy atom. The maximum atomic E-state index is 12.6. The Morgan fingerprint density at radius 2 is 1.93 bits per heavy atom. The van der Waals surface area contributed by atoms with Gasteiger partial charge in [0.2, 0.25) is 0 Å². The van der Waals surface area contributed by atoms with Crippen LogP contribution >= 0.6 is 11.3 Å². The summed E-state index contributed by atoms with van der Waals surface area (Å²) in [6, 6.07) is 11.8. The van der Waals surface area contributed by atoms with Gasteiger partial charge in [0, 0.05) is 24.8 Å². The lowest BCUT2D eigenvalue weighted by Crippen LogP contribution is -2.25. The number of rotatable bonds is 5. The number of hydrogen-bond donors (Lipinski definition) is 1. The number of amides is 1. The smallest absolute Gasteiger partial charge is 0.263 e. The van der Waals surface area contributed by atoms with Crippen LogP contribution in [0.2, 0.25) is 0 Å². The van der Waals surface area contributed by atoms with Gasteiger partial charge in [-0.1, -0.05) is 30.3 Å². The molecule has 1 N–H and O–H groups in total. The van der Waals surface area contributed by atoms with Gasteiger partial charge in [0.1, 0.15) is 21.5 Å². The quantitative estimate of drug-likeness (QED) is 0.735. The van der Waals surface area contributed by atoms with Gasteiger partial charge in [-0.25, -0.2) is 15.0 Å². The second-order valence-electron chi connectivity index (χ2n) is 6.51. The van der Waals surface area contributed by atoms with Crippen LogP contribution in [0.5, 0.6) is 0 Å². The van der Waals surface area contributed by atoms with E-state index in [1.165, 1.54) is 24.2 Å². The average molecular weight is 379 g/mol. The van der Waals surface area contributed by atoms with Gasteiger partial charge < -0.3 is 10.2 Å². The lowest BCUT2D eigenvalue weighted by molar-refractivity contribution is 0.0953. The molecule has 1 fully saturated rings. The van der Waals surface area contributed by atoms with Crippen LogP contribution in [0.3, 0.4) is 0 Å². The molecule has 3 aromatic rings. The summed E-state index contributed by atoms with van der Waals surface area (Å²) < 4.78 is 0. The third kappa shape index (κ3) is 3.98. The highest BCUT2D eigenvalue weighted by Gasteiger charge is 2.17. The first-order valence-corrected chi connectivity index (χ1v) is 9.90. The third-order valence-corrected chi connectivity index (χ3v) is 5.76. The SMILES string of the molecule is Cc1nc(-c2ccccc2)sc1C(=O)NCc1nccc(N2CCCC2)n1. The van der Waals surface area contributed by atoms with E-state index in [2.05, 4.69) is 25.2 Å². The van der Waals surface area contributed by atoms with E-state index in [9.17, 15) is 4.79 Å². The molecule has 138 valence electrons. The zero-order chi connectivity index (χ0) is 18.6. The lowest BCUT2D eigenvalue weighted by Gasteiger charge is -2.16. The largest absolute Gasteiger partial charge is 0.357 e. The molecule has 1 saturated heterocycles. The molecule has 0 aliphatic carbocycles. The van der Waals surface area contributed by atoms with Crippen molar-refractivity contribution in [3.8, 4) is 10.6 Å². The van der Waals surface area contributed by atoms with Gasteiger partial charge in [0.25, 0.3) is 5.91 Å². The zero-order valence-corrected chi connectivity index (χ0v) is 16.0. The molecular formula is C20H21N5OS. The van der Waals surface area contributed by atoms with E-state index in [0.29, 0.717) is 17.2 Å². The van der Waals surface area contributed by atoms with Crippen molar-refractivity contribution in [1.29, 1.82) is 0 Å². The molecule has 0 bridgehead atoms. The predicted octanol–water partition coefficient (Wildman–Crippen LogP) is 3.44. The number of nitrogens with one attached hydrogen (secondary N) is 1. The van der Waals surface area contributed by atoms with Crippen LogP contribution in [0.4, 0.5) is 5.82 Å². The van der Waals surface area contributed by atoms with Gasteiger partial charge in [-0.05, 0) is 25.8 Å². The molecule has 6 nitrogen and oxygen atoms in total. The van der Waals surface area contributed by atoms with E-state index in [0.717, 1.165) is 35.2 Å². The molecule has 7 heteroatoms. The van der Waals surface area contributed by atoms with Crippen molar-refractivity contribution in [2.75, 3.05) is 18.0 Å². The van der Waals surface area contributed by atoms with Crippen molar-refractivity contribution in [3.05, 3.63) is 59.0 Å². The first-order valence-electron chi connectivity index (χ1n) is 9.08. The summed E-state index contributed by atoms with van der Waals surface area (Å²) in [4.78, 5) is 28.9. The summed E-state index contributed by atoms with van der Waals surface area (Å²) in [7, 11) is 0. The minimum Gasteiger partial charge on any atom is -0.357 e. The average Bonchev–Trinajstić information content (AvgIpc) is 3.37. The van der Waals surface area contributed by atoms with Crippen molar-refractivity contribution in [1.82, 2.24) is 20.3 Å². The number of carbonyl (C=O) groups excluding carboxylic acids is 1. The molecule has 0 radical (unpaired) electrons. The van der Waals surface area contributed by atoms with Crippen molar-refractivity contribution in [2.45, 2.75) is 26.3 Å². The number of anilines is 1. The molecule has 3 heterocycles. The molecule has 0 spiro atoms. The lowest BCUT2D eigenvalue weighted by atomic mass is 10.2. The van der Waals surface area contributed by atoms with Crippen molar-refractivity contribution in [2.24, 2.45) is 0 Å². The van der Waals surface area contributed by atoms with Crippen LogP contribution in [0.1, 0.15) is 34.0 Å². The van der Waals surface area contributed by atoms with Gasteiger partial charge in [-0.2, -0.15) is 0 Å². The van der Waals surface area contributed by atoms with Gasteiger partial charge >= 0.3 is 0 Å². The molecular weight excluding hydrogens is 358 g/mol. The number of aromatic nitrogens is 3. The number of aryl methyl sites for hydroxylation is 1. The fraction of sp³-hybridized carbons (Fsp3) is 0.300. The Bertz CT molecular complexity index is 935. The highest BCUT2D eigenvalue weighted by molar-refractivity contribution is 7.17. The number of nitrogens with zero attached hydrogens (tertiary/aromatic N) is 4. The Labute approximate surface area is 162 Å². The summed E-state index contributed by atoms with van der Waals surface area (Å²) in [6.07, 6.45) is 4.16. The minimum atomic E-state index is -0.137. The molecule has 0 unspecified atom stereocenters. The molecule has 4 rings (SSSR count). The van der Waals surface area contributed by atoms with E-state index in [1.54, 1.807) is 6.20 Å². The maximum absolute atomic E-state index is 12.6. The predicted molar refractivity (Wildman–Crippen MR) is 107 cm³/mol. The molecule has 0 atom stereocenters. The first kappa shape index (κ1) is 17.6. The molecule has 27 heavy (non-hydrogen) atoms. The molecule has 1 aromatic carbocycles. The highest BCUT2D eigenvalue weighted by atomic mass is 32.1. The fourth-order valence-electron chi connectivity index (χ4n) is 3.15. The van der Waals surface area contributed by atoms with Gasteiger partial charge in [-0.3, -0.25) is 4.79 Å². The van der Waals surface area contributed by atoms with Crippen molar-refractivity contribution in [3.63, 3.8) is 0 Å². The molecule has 2 aromatic heterocycles. The number of carbonyl (C=O) groups is 1. The van der Waals surface area contributed by atoms with Gasteiger partial charge in [-0.15, -0.1) is 11.3 Å². The molecule has 1 amide bonds. The van der Waals surface area contributed by atoms with Gasteiger partial charge in [0.15, 0.2) is 0 Å². The zero-order valence-electron chi connectivity index (χ0n) is 15.2. The summed E-state index contributed by atoms with van der Waals surface area (Å²) in [5.74, 6) is 1.42. The van der Waals surface area contributed by atoms with Crippen LogP contribution in [0, 0.1) is 6.92 Å². The van der Waals surface area contributed by atoms with Crippen molar-refractivity contribution < 1.29 is 4.79 Å². The molecule has 0 saturated carbocycles. The summed E-state index contributed by atoms with van der Waals surface area (Å²) in [6.45, 7) is 4.23. The number of hydrogen-bond acceptors (Lipinski definition) is 6. The van der Waals surface area contributed by atoms with E-state index in [1.807, 2.05) is 43.3 Å². The second kappa shape index (κ2) is 7.84. The Morgan fingerprint density at radius 3 is 2.70 bits per heavy atom. The van der Waals surface area contributed by atoms with Crippen LogP contribution < -0.4 is 10.2 Å². The number of benzene rings is 1. The van der Waals surface area contributed by atoms with Crippen LogP contribution in [0.15, 0.2) is 42.6 Å². The van der Waals surface area contributed by atoms with Crippen LogP contribution in [-0.2, 0) is 6.54 Å².